The average molecular weight is 486 g/mol. The van der Waals surface area contributed by atoms with E-state index < -0.39 is 17.8 Å². The van der Waals surface area contributed by atoms with Crippen molar-refractivity contribution in [2.75, 3.05) is 18.1 Å². The zero-order valence-corrected chi connectivity index (χ0v) is 19.8. The molecule has 1 aliphatic heterocycles. The highest BCUT2D eigenvalue weighted by Gasteiger charge is 2.43. The van der Waals surface area contributed by atoms with E-state index in [1.165, 1.54) is 12.1 Å². The van der Waals surface area contributed by atoms with Crippen LogP contribution in [0, 0.1) is 5.82 Å². The summed E-state index contributed by atoms with van der Waals surface area (Å²) in [6.07, 6.45) is 0. The molecule has 3 aromatic carbocycles. The molecule has 0 radical (unpaired) electrons. The summed E-state index contributed by atoms with van der Waals surface area (Å²) in [5, 5.41) is 7.34. The number of hydrogen-bond donors (Lipinski definition) is 1. The number of amides is 1. The smallest absolute Gasteiger partial charge is 0.338 e. The fraction of sp³-hybridized carbons (Fsp3) is 0.179. The van der Waals surface area contributed by atoms with Gasteiger partial charge in [-0.25, -0.2) is 9.18 Å². The third-order valence-electron chi connectivity index (χ3n) is 6.03. The van der Waals surface area contributed by atoms with Crippen molar-refractivity contribution in [3.05, 3.63) is 101 Å². The third-order valence-corrected chi connectivity index (χ3v) is 6.03. The van der Waals surface area contributed by atoms with Crippen LogP contribution in [0.15, 0.2) is 72.8 Å². The molecule has 0 unspecified atom stereocenters. The van der Waals surface area contributed by atoms with Gasteiger partial charge in [0.25, 0.3) is 5.91 Å². The molecule has 1 aromatic heterocycles. The van der Waals surface area contributed by atoms with Gasteiger partial charge in [-0.3, -0.25) is 14.8 Å². The number of anilines is 1. The Morgan fingerprint density at radius 2 is 1.78 bits per heavy atom. The van der Waals surface area contributed by atoms with Crippen molar-refractivity contribution < 1.29 is 23.5 Å². The van der Waals surface area contributed by atoms with Gasteiger partial charge < -0.3 is 9.47 Å². The monoisotopic (exact) mass is 485 g/mol. The molecule has 1 atom stereocenters. The van der Waals surface area contributed by atoms with Crippen LogP contribution in [-0.2, 0) is 4.74 Å². The molecular formula is C28H24FN3O4. The van der Waals surface area contributed by atoms with Crippen molar-refractivity contribution in [1.29, 1.82) is 0 Å². The van der Waals surface area contributed by atoms with Crippen molar-refractivity contribution in [3.8, 4) is 17.0 Å². The van der Waals surface area contributed by atoms with E-state index in [2.05, 4.69) is 10.2 Å². The molecule has 8 heteroatoms. The maximum atomic E-state index is 14.3. The Labute approximate surface area is 207 Å². The molecule has 7 nitrogen and oxygen atoms in total. The number of nitrogens with one attached hydrogen (secondary N) is 1. The minimum absolute atomic E-state index is 0.267. The molecule has 0 bridgehead atoms. The van der Waals surface area contributed by atoms with Gasteiger partial charge in [0.15, 0.2) is 0 Å². The lowest BCUT2D eigenvalue weighted by Gasteiger charge is -2.26. The quantitative estimate of drug-likeness (QED) is 0.348. The maximum absolute atomic E-state index is 14.3. The van der Waals surface area contributed by atoms with Gasteiger partial charge in [-0.1, -0.05) is 12.1 Å². The summed E-state index contributed by atoms with van der Waals surface area (Å²) in [4.78, 5) is 27.3. The van der Waals surface area contributed by atoms with Crippen LogP contribution in [0.1, 0.15) is 51.9 Å². The summed E-state index contributed by atoms with van der Waals surface area (Å²) in [6, 6.07) is 19.6. The van der Waals surface area contributed by atoms with Crippen molar-refractivity contribution in [3.63, 3.8) is 0 Å². The van der Waals surface area contributed by atoms with E-state index in [1.54, 1.807) is 48.2 Å². The first-order valence-electron chi connectivity index (χ1n) is 11.7. The van der Waals surface area contributed by atoms with Crippen LogP contribution in [0.4, 0.5) is 10.1 Å². The highest BCUT2D eigenvalue weighted by molar-refractivity contribution is 6.12. The number of ether oxygens (including phenoxy) is 2. The molecule has 1 amide bonds. The second-order valence-electron chi connectivity index (χ2n) is 8.22. The Balaban J connectivity index is 1.60. The molecule has 1 aliphatic rings. The van der Waals surface area contributed by atoms with Gasteiger partial charge in [0.05, 0.1) is 30.5 Å². The molecule has 182 valence electrons. The van der Waals surface area contributed by atoms with Crippen LogP contribution in [0.5, 0.6) is 5.75 Å². The standard InChI is InChI=1S/C28H24FN3O4/c1-3-35-22-14-10-17(11-15-22)24-23-25(31-30-24)27(33)32(26(23)19-6-5-7-20(29)16-19)21-12-8-18(9-13-21)28(34)36-4-2/h5-16,26H,3-4H2,1-2H3,(H,30,31)/t26-/m1/s1. The second kappa shape index (κ2) is 9.65. The topological polar surface area (TPSA) is 84.5 Å². The molecule has 36 heavy (non-hydrogen) atoms. The van der Waals surface area contributed by atoms with Crippen molar-refractivity contribution in [2.45, 2.75) is 19.9 Å². The minimum Gasteiger partial charge on any atom is -0.494 e. The summed E-state index contributed by atoms with van der Waals surface area (Å²) in [7, 11) is 0. The Morgan fingerprint density at radius 1 is 1.03 bits per heavy atom. The van der Waals surface area contributed by atoms with Crippen LogP contribution < -0.4 is 9.64 Å². The molecule has 0 aliphatic carbocycles. The number of H-pyrrole nitrogens is 1. The largest absolute Gasteiger partial charge is 0.494 e. The lowest BCUT2D eigenvalue weighted by Crippen LogP contribution is -2.29. The fourth-order valence-corrected chi connectivity index (χ4v) is 4.47. The first-order chi connectivity index (χ1) is 17.5. The minimum atomic E-state index is -0.628. The Morgan fingerprint density at radius 3 is 2.44 bits per heavy atom. The number of benzene rings is 3. The van der Waals surface area contributed by atoms with Crippen LogP contribution >= 0.6 is 0 Å². The molecule has 0 saturated heterocycles. The summed E-state index contributed by atoms with van der Waals surface area (Å²) >= 11 is 0. The van der Waals surface area contributed by atoms with Crippen LogP contribution in [0.25, 0.3) is 11.3 Å². The molecule has 0 fully saturated rings. The van der Waals surface area contributed by atoms with E-state index in [-0.39, 0.29) is 12.5 Å². The maximum Gasteiger partial charge on any atom is 0.338 e. The molecule has 0 saturated carbocycles. The molecule has 0 spiro atoms. The SMILES string of the molecule is CCOC(=O)c1ccc(N2C(=O)c3[nH]nc(-c4ccc(OCC)cc4)c3[C@H]2c2cccc(F)c2)cc1. The molecule has 2 heterocycles. The summed E-state index contributed by atoms with van der Waals surface area (Å²) in [6.45, 7) is 4.47. The van der Waals surface area contributed by atoms with E-state index in [0.717, 1.165) is 11.3 Å². The highest BCUT2D eigenvalue weighted by Crippen LogP contribution is 2.45. The number of fused-ring (bicyclic) bond motifs is 1. The molecule has 5 rings (SSSR count). The highest BCUT2D eigenvalue weighted by atomic mass is 19.1. The first-order valence-corrected chi connectivity index (χ1v) is 11.7. The van der Waals surface area contributed by atoms with Crippen LogP contribution in [-0.4, -0.2) is 35.3 Å². The number of aromatic nitrogens is 2. The first kappa shape index (κ1) is 23.3. The van der Waals surface area contributed by atoms with Gasteiger partial charge in [0, 0.05) is 16.8 Å². The Bertz CT molecular complexity index is 1410. The summed E-state index contributed by atoms with van der Waals surface area (Å²) in [5.41, 5.74) is 3.93. The van der Waals surface area contributed by atoms with Gasteiger partial charge in [-0.15, -0.1) is 0 Å². The van der Waals surface area contributed by atoms with Crippen molar-refractivity contribution in [2.24, 2.45) is 0 Å². The van der Waals surface area contributed by atoms with E-state index in [0.29, 0.717) is 40.4 Å². The number of esters is 1. The van der Waals surface area contributed by atoms with Crippen molar-refractivity contribution >= 4 is 17.6 Å². The average Bonchev–Trinajstić information content (AvgIpc) is 3.44. The van der Waals surface area contributed by atoms with E-state index in [9.17, 15) is 14.0 Å². The van der Waals surface area contributed by atoms with E-state index in [4.69, 9.17) is 9.47 Å². The number of rotatable bonds is 7. The lowest BCUT2D eigenvalue weighted by molar-refractivity contribution is 0.0526. The van der Waals surface area contributed by atoms with Gasteiger partial charge >= 0.3 is 5.97 Å². The summed E-state index contributed by atoms with van der Waals surface area (Å²) < 4.78 is 24.9. The number of hydrogen-bond acceptors (Lipinski definition) is 5. The number of halogens is 1. The van der Waals surface area contributed by atoms with Gasteiger partial charge in [0.1, 0.15) is 17.3 Å². The van der Waals surface area contributed by atoms with Gasteiger partial charge in [-0.2, -0.15) is 5.10 Å². The summed E-state index contributed by atoms with van der Waals surface area (Å²) in [5.74, 6) is -0.412. The predicted octanol–water partition coefficient (Wildman–Crippen LogP) is 5.54. The molecule has 1 N–H and O–H groups in total. The van der Waals surface area contributed by atoms with Crippen LogP contribution in [0.2, 0.25) is 0 Å². The fourth-order valence-electron chi connectivity index (χ4n) is 4.47. The predicted molar refractivity (Wildman–Crippen MR) is 133 cm³/mol. The molecular weight excluding hydrogens is 461 g/mol. The second-order valence-corrected chi connectivity index (χ2v) is 8.22. The number of aromatic amines is 1. The Hall–Kier alpha value is -4.46. The third kappa shape index (κ3) is 4.11. The van der Waals surface area contributed by atoms with Gasteiger partial charge in [0.2, 0.25) is 0 Å². The number of nitrogens with zero attached hydrogens (tertiary/aromatic N) is 2. The number of carbonyl (C=O) groups excluding carboxylic acids is 2. The van der Waals surface area contributed by atoms with Crippen LogP contribution in [0.3, 0.4) is 0 Å². The van der Waals surface area contributed by atoms with Gasteiger partial charge in [-0.05, 0) is 80.1 Å². The number of carbonyl (C=O) groups is 2. The zero-order chi connectivity index (χ0) is 25.2. The normalized spacial score (nSPS) is 14.6. The van der Waals surface area contributed by atoms with Crippen molar-refractivity contribution in [1.82, 2.24) is 10.2 Å². The Kier molecular flexibility index (Phi) is 6.25. The lowest BCUT2D eigenvalue weighted by atomic mass is 9.95. The molecule has 4 aromatic rings. The zero-order valence-electron chi connectivity index (χ0n) is 19.8. The van der Waals surface area contributed by atoms with E-state index >= 15 is 0 Å². The van der Waals surface area contributed by atoms with E-state index in [1.807, 2.05) is 31.2 Å².